The van der Waals surface area contributed by atoms with Crippen LogP contribution >= 0.6 is 0 Å². The van der Waals surface area contributed by atoms with E-state index in [2.05, 4.69) is 15.2 Å². The SMILES string of the molecule is COc1cc2c(Oc3ccc(NC(=O)c4cc5c(n(-c6ccc(F)cc6)c4=O)[N+](C)(C)C(C)C=C5)cc3F)ccnc2cc1OCCCN1CCOCC1. The summed E-state index contributed by atoms with van der Waals surface area (Å²) in [5.74, 6) is 0.00749. The highest BCUT2D eigenvalue weighted by Gasteiger charge is 2.36. The van der Waals surface area contributed by atoms with Gasteiger partial charge in [-0.25, -0.2) is 13.3 Å². The van der Waals surface area contributed by atoms with Gasteiger partial charge in [-0.2, -0.15) is 0 Å². The highest BCUT2D eigenvalue weighted by Crippen LogP contribution is 2.38. The molecule has 0 spiro atoms. The second-order valence-corrected chi connectivity index (χ2v) is 13.8. The molecular formula is C41H42F2N5O6+. The lowest BCUT2D eigenvalue weighted by atomic mass is 10.0. The zero-order valence-corrected chi connectivity index (χ0v) is 30.6. The molecule has 280 valence electrons. The molecule has 5 aromatic rings. The summed E-state index contributed by atoms with van der Waals surface area (Å²) in [5, 5.41) is 3.24. The molecule has 2 aliphatic heterocycles. The fraction of sp³-hybridized carbons (Fsp3) is 0.293. The molecule has 2 aliphatic rings. The number of halogens is 2. The first-order chi connectivity index (χ1) is 26.0. The highest BCUT2D eigenvalue weighted by molar-refractivity contribution is 6.05. The monoisotopic (exact) mass is 738 g/mol. The van der Waals surface area contributed by atoms with Gasteiger partial charge in [-0.1, -0.05) is 0 Å². The van der Waals surface area contributed by atoms with E-state index in [-0.39, 0.29) is 23.0 Å². The van der Waals surface area contributed by atoms with Gasteiger partial charge >= 0.3 is 0 Å². The van der Waals surface area contributed by atoms with Crippen molar-refractivity contribution in [2.45, 2.75) is 19.4 Å². The van der Waals surface area contributed by atoms with Crippen molar-refractivity contribution >= 4 is 34.4 Å². The second kappa shape index (κ2) is 15.4. The quantitative estimate of drug-likeness (QED) is 0.117. The van der Waals surface area contributed by atoms with Gasteiger partial charge in [0.2, 0.25) is 5.82 Å². The number of carbonyl (C=O) groups excluding carboxylic acids is 1. The van der Waals surface area contributed by atoms with Crippen LogP contribution in [0.15, 0.2) is 83.8 Å². The number of fused-ring (bicyclic) bond motifs is 2. The lowest BCUT2D eigenvalue weighted by Crippen LogP contribution is -2.52. The molecule has 0 bridgehead atoms. The van der Waals surface area contributed by atoms with Crippen LogP contribution in [0.4, 0.5) is 20.3 Å². The molecular weight excluding hydrogens is 696 g/mol. The standard InChI is InChI=1S/C41H41F2N5O6/c1-26-6-7-27-22-32(41(50)47(40(27)48(26,2)3)30-11-8-28(42)9-12-30)39(49)45-29-10-13-36(33(43)23-29)54-35-14-15-44-34-25-38(37(51-4)24-31(34)35)53-19-5-16-46-17-20-52-21-18-46/h6-15,22-26H,5,16-21H2,1-4H3/p+1. The number of nitrogens with zero attached hydrogens (tertiary/aromatic N) is 4. The van der Waals surface area contributed by atoms with Crippen LogP contribution in [-0.4, -0.2) is 87.1 Å². The first-order valence-corrected chi connectivity index (χ1v) is 17.8. The Labute approximate surface area is 311 Å². The Morgan fingerprint density at radius 3 is 2.50 bits per heavy atom. The van der Waals surface area contributed by atoms with Gasteiger partial charge in [0.1, 0.15) is 23.2 Å². The molecule has 0 saturated carbocycles. The van der Waals surface area contributed by atoms with E-state index < -0.39 is 23.1 Å². The highest BCUT2D eigenvalue weighted by atomic mass is 19.1. The Bertz CT molecular complexity index is 2290. The van der Waals surface area contributed by atoms with E-state index in [1.807, 2.05) is 33.2 Å². The number of benzene rings is 3. The number of likely N-dealkylation sites (N-methyl/N-ethyl adjacent to an activating group) is 1. The number of quaternary nitrogens is 1. The van der Waals surface area contributed by atoms with Crippen LogP contribution in [0.2, 0.25) is 0 Å². The fourth-order valence-electron chi connectivity index (χ4n) is 6.75. The summed E-state index contributed by atoms with van der Waals surface area (Å²) in [4.78, 5) is 34.5. The van der Waals surface area contributed by atoms with Crippen LogP contribution in [0.1, 0.15) is 29.3 Å². The van der Waals surface area contributed by atoms with Crippen molar-refractivity contribution in [2.24, 2.45) is 0 Å². The molecule has 1 N–H and O–H groups in total. The summed E-state index contributed by atoms with van der Waals surface area (Å²) in [6.07, 6.45) is 6.27. The lowest BCUT2D eigenvalue weighted by molar-refractivity contribution is 0.0357. The number of methoxy groups -OCH3 is 1. The van der Waals surface area contributed by atoms with Crippen LogP contribution < -0.4 is 29.6 Å². The van der Waals surface area contributed by atoms with E-state index in [4.69, 9.17) is 18.9 Å². The van der Waals surface area contributed by atoms with Crippen LogP contribution in [0.5, 0.6) is 23.0 Å². The van der Waals surface area contributed by atoms with Crippen molar-refractivity contribution in [1.29, 1.82) is 0 Å². The molecule has 0 radical (unpaired) electrons. The summed E-state index contributed by atoms with van der Waals surface area (Å²) in [6, 6.07) is 16.2. The average molecular weight is 739 g/mol. The minimum absolute atomic E-state index is 0.0199. The maximum absolute atomic E-state index is 15.6. The molecule has 2 aromatic heterocycles. The van der Waals surface area contributed by atoms with Gasteiger partial charge in [0.05, 0.1) is 57.8 Å². The van der Waals surface area contributed by atoms with Gasteiger partial charge in [-0.3, -0.25) is 24.0 Å². The number of ether oxygens (including phenoxy) is 4. The summed E-state index contributed by atoms with van der Waals surface area (Å²) in [5.41, 5.74) is 1.02. The molecule has 3 aromatic carbocycles. The van der Waals surface area contributed by atoms with Crippen molar-refractivity contribution in [3.63, 3.8) is 0 Å². The molecule has 1 amide bonds. The van der Waals surface area contributed by atoms with Crippen molar-refractivity contribution in [3.8, 4) is 28.7 Å². The molecule has 1 saturated heterocycles. The third kappa shape index (κ3) is 7.43. The number of carbonyl (C=O) groups is 1. The zero-order valence-electron chi connectivity index (χ0n) is 30.6. The number of pyridine rings is 2. The van der Waals surface area contributed by atoms with E-state index in [0.717, 1.165) is 45.3 Å². The number of rotatable bonds is 11. The third-order valence-corrected chi connectivity index (χ3v) is 10.0. The summed E-state index contributed by atoms with van der Waals surface area (Å²) in [7, 11) is 5.47. The van der Waals surface area contributed by atoms with Crippen molar-refractivity contribution < 1.29 is 32.5 Å². The molecule has 1 atom stereocenters. The lowest BCUT2D eigenvalue weighted by Gasteiger charge is -2.38. The Hall–Kier alpha value is -5.63. The van der Waals surface area contributed by atoms with E-state index >= 15 is 4.39 Å². The summed E-state index contributed by atoms with van der Waals surface area (Å²) >= 11 is 0. The maximum Gasteiger partial charge on any atom is 0.272 e. The van der Waals surface area contributed by atoms with E-state index in [1.165, 1.54) is 47.0 Å². The smallest absolute Gasteiger partial charge is 0.272 e. The minimum atomic E-state index is -0.741. The van der Waals surface area contributed by atoms with Crippen LogP contribution in [0, 0.1) is 11.6 Å². The number of nitrogens with one attached hydrogen (secondary N) is 1. The molecule has 1 fully saturated rings. The average Bonchev–Trinajstić information content (AvgIpc) is 3.16. The van der Waals surface area contributed by atoms with Crippen molar-refractivity contribution in [2.75, 3.05) is 66.0 Å². The summed E-state index contributed by atoms with van der Waals surface area (Å²) < 4.78 is 54.4. The van der Waals surface area contributed by atoms with Crippen molar-refractivity contribution in [1.82, 2.24) is 18.9 Å². The summed E-state index contributed by atoms with van der Waals surface area (Å²) in [6.45, 7) is 6.75. The molecule has 13 heteroatoms. The normalized spacial score (nSPS) is 16.5. The fourth-order valence-corrected chi connectivity index (χ4v) is 6.75. The number of hydrogen-bond acceptors (Lipinski definition) is 8. The number of anilines is 1. The number of hydrogen-bond donors (Lipinski definition) is 1. The molecule has 54 heavy (non-hydrogen) atoms. The molecule has 7 rings (SSSR count). The van der Waals surface area contributed by atoms with Gasteiger partial charge in [0.15, 0.2) is 23.1 Å². The number of aromatic nitrogens is 2. The van der Waals surface area contributed by atoms with Gasteiger partial charge in [0, 0.05) is 49.0 Å². The van der Waals surface area contributed by atoms with E-state index in [9.17, 15) is 14.0 Å². The number of morpholine rings is 1. The largest absolute Gasteiger partial charge is 0.493 e. The number of amides is 1. The first kappa shape index (κ1) is 36.7. The Morgan fingerprint density at radius 2 is 1.76 bits per heavy atom. The molecule has 1 unspecified atom stereocenters. The van der Waals surface area contributed by atoms with E-state index in [1.54, 1.807) is 31.5 Å². The molecule has 11 nitrogen and oxygen atoms in total. The predicted molar refractivity (Wildman–Crippen MR) is 204 cm³/mol. The molecule has 4 heterocycles. The van der Waals surface area contributed by atoms with Gasteiger partial charge < -0.3 is 24.3 Å². The van der Waals surface area contributed by atoms with E-state index in [0.29, 0.717) is 56.3 Å². The van der Waals surface area contributed by atoms with Crippen molar-refractivity contribution in [3.05, 3.63) is 112 Å². The van der Waals surface area contributed by atoms with Crippen LogP contribution in [0.3, 0.4) is 0 Å². The maximum atomic E-state index is 15.6. The molecule has 0 aliphatic carbocycles. The Kier molecular flexibility index (Phi) is 10.5. The van der Waals surface area contributed by atoms with Gasteiger partial charge in [0.25, 0.3) is 11.5 Å². The van der Waals surface area contributed by atoms with Crippen LogP contribution in [0.25, 0.3) is 22.7 Å². The first-order valence-electron chi connectivity index (χ1n) is 17.8. The Morgan fingerprint density at radius 1 is 0.981 bits per heavy atom. The topological polar surface area (TPSA) is 104 Å². The minimum Gasteiger partial charge on any atom is -0.493 e. The zero-order chi connectivity index (χ0) is 38.0. The Balaban J connectivity index is 1.10. The predicted octanol–water partition coefficient (Wildman–Crippen LogP) is 6.80. The van der Waals surface area contributed by atoms with Gasteiger partial charge in [-0.05, 0) is 80.1 Å². The third-order valence-electron chi connectivity index (χ3n) is 10.0. The van der Waals surface area contributed by atoms with Crippen LogP contribution in [-0.2, 0) is 4.74 Å². The second-order valence-electron chi connectivity index (χ2n) is 13.8. The van der Waals surface area contributed by atoms with Gasteiger partial charge in [-0.15, -0.1) is 0 Å².